The number of rotatable bonds is 10. The summed E-state index contributed by atoms with van der Waals surface area (Å²) in [5.74, 6) is 1.15. The van der Waals surface area contributed by atoms with Crippen LogP contribution in [0.3, 0.4) is 0 Å². The summed E-state index contributed by atoms with van der Waals surface area (Å²) in [7, 11) is 1.52. The summed E-state index contributed by atoms with van der Waals surface area (Å²) in [5, 5.41) is 9.66. The van der Waals surface area contributed by atoms with Crippen LogP contribution in [0.2, 0.25) is 0 Å². The van der Waals surface area contributed by atoms with Gasteiger partial charge < -0.3 is 24.1 Å². The number of hydrogen-bond acceptors (Lipinski definition) is 5. The third-order valence-electron chi connectivity index (χ3n) is 4.43. The number of phenols is 1. The third-order valence-corrected chi connectivity index (χ3v) is 4.43. The van der Waals surface area contributed by atoms with E-state index in [1.165, 1.54) is 26.4 Å². The molecule has 0 spiro atoms. The van der Waals surface area contributed by atoms with Gasteiger partial charge in [-0.05, 0) is 24.5 Å². The Balaban J connectivity index is 1.76. The number of ether oxygens (including phenoxy) is 4. The Morgan fingerprint density at radius 1 is 1.33 bits per heavy atom. The summed E-state index contributed by atoms with van der Waals surface area (Å²) in [6.45, 7) is 6.28. The molecular weight excluding hydrogens is 308 g/mol. The Morgan fingerprint density at radius 3 is 2.88 bits per heavy atom. The van der Waals surface area contributed by atoms with Crippen molar-refractivity contribution in [1.29, 1.82) is 0 Å². The molecule has 1 aliphatic heterocycles. The van der Waals surface area contributed by atoms with E-state index >= 15 is 0 Å². The highest BCUT2D eigenvalue weighted by Gasteiger charge is 2.28. The highest BCUT2D eigenvalue weighted by molar-refractivity contribution is 5.42. The van der Waals surface area contributed by atoms with Gasteiger partial charge in [0.25, 0.3) is 0 Å². The first-order valence-electron chi connectivity index (χ1n) is 8.89. The van der Waals surface area contributed by atoms with Gasteiger partial charge in [0.05, 0.1) is 20.3 Å². The zero-order valence-electron chi connectivity index (χ0n) is 15.0. The van der Waals surface area contributed by atoms with Crippen molar-refractivity contribution >= 4 is 0 Å². The van der Waals surface area contributed by atoms with E-state index in [1.54, 1.807) is 18.2 Å². The van der Waals surface area contributed by atoms with E-state index in [2.05, 4.69) is 13.8 Å². The number of unbranched alkanes of at least 4 members (excludes halogenated alkanes) is 1. The molecule has 1 aromatic carbocycles. The molecule has 0 bridgehead atoms. The van der Waals surface area contributed by atoms with Crippen LogP contribution in [0.15, 0.2) is 18.2 Å². The first-order valence-corrected chi connectivity index (χ1v) is 8.89. The Bertz CT molecular complexity index is 491. The average Bonchev–Trinajstić information content (AvgIpc) is 3.07. The minimum atomic E-state index is -0.435. The quantitative estimate of drug-likeness (QED) is 0.697. The minimum absolute atomic E-state index is 0.0570. The molecule has 1 aliphatic rings. The number of hydrogen-bond donors (Lipinski definition) is 1. The molecule has 0 aromatic heterocycles. The molecule has 0 aliphatic carbocycles. The maximum atomic E-state index is 9.66. The van der Waals surface area contributed by atoms with Crippen LogP contribution in [-0.2, 0) is 14.2 Å². The Hall–Kier alpha value is -1.30. The number of methoxy groups -OCH3 is 1. The standard InChI is InChI=1S/C19H30O5/c1-4-6-7-14(5-2)11-22-12-16-13-23-19(24-16)15-8-9-17(20)18(10-15)21-3/h8-10,14,16,19-20H,4-7,11-13H2,1-3H3. The lowest BCUT2D eigenvalue weighted by Gasteiger charge is -2.17. The first kappa shape index (κ1) is 19.0. The molecule has 5 nitrogen and oxygen atoms in total. The topological polar surface area (TPSA) is 57.2 Å². The molecule has 0 saturated carbocycles. The fraction of sp³-hybridized carbons (Fsp3) is 0.684. The summed E-state index contributed by atoms with van der Waals surface area (Å²) >= 11 is 0. The smallest absolute Gasteiger partial charge is 0.184 e. The number of benzene rings is 1. The van der Waals surface area contributed by atoms with Crippen molar-refractivity contribution in [2.75, 3.05) is 26.9 Å². The monoisotopic (exact) mass is 338 g/mol. The molecular formula is C19H30O5. The van der Waals surface area contributed by atoms with Crippen LogP contribution in [0.1, 0.15) is 51.4 Å². The second kappa shape index (κ2) is 9.87. The van der Waals surface area contributed by atoms with Gasteiger partial charge in [-0.1, -0.05) is 39.2 Å². The van der Waals surface area contributed by atoms with Crippen LogP contribution < -0.4 is 4.74 Å². The van der Waals surface area contributed by atoms with Crippen LogP contribution in [0.25, 0.3) is 0 Å². The molecule has 2 rings (SSSR count). The SMILES string of the molecule is CCCCC(CC)COCC1COC(c2ccc(O)c(OC)c2)O1. The third kappa shape index (κ3) is 5.36. The summed E-state index contributed by atoms with van der Waals surface area (Å²) in [4.78, 5) is 0. The second-order valence-electron chi connectivity index (χ2n) is 6.31. The molecule has 24 heavy (non-hydrogen) atoms. The highest BCUT2D eigenvalue weighted by Crippen LogP contribution is 2.33. The van der Waals surface area contributed by atoms with Crippen molar-refractivity contribution < 1.29 is 24.1 Å². The van der Waals surface area contributed by atoms with Gasteiger partial charge in [0, 0.05) is 12.2 Å². The van der Waals surface area contributed by atoms with Crippen molar-refractivity contribution in [3.8, 4) is 11.5 Å². The van der Waals surface area contributed by atoms with Crippen molar-refractivity contribution in [2.45, 2.75) is 51.9 Å². The first-order chi connectivity index (χ1) is 11.7. The van der Waals surface area contributed by atoms with Crippen LogP contribution in [-0.4, -0.2) is 38.1 Å². The van der Waals surface area contributed by atoms with E-state index in [9.17, 15) is 5.11 Å². The molecule has 0 radical (unpaired) electrons. The van der Waals surface area contributed by atoms with E-state index in [1.807, 2.05) is 0 Å². The van der Waals surface area contributed by atoms with Crippen LogP contribution in [0.5, 0.6) is 11.5 Å². The van der Waals surface area contributed by atoms with Crippen molar-refractivity contribution in [2.24, 2.45) is 5.92 Å². The molecule has 5 heteroatoms. The molecule has 136 valence electrons. The van der Waals surface area contributed by atoms with Gasteiger partial charge in [0.1, 0.15) is 6.10 Å². The van der Waals surface area contributed by atoms with E-state index < -0.39 is 6.29 Å². The lowest BCUT2D eigenvalue weighted by molar-refractivity contribution is -0.0759. The summed E-state index contributed by atoms with van der Waals surface area (Å²) < 4.78 is 22.6. The zero-order valence-corrected chi connectivity index (χ0v) is 15.0. The van der Waals surface area contributed by atoms with E-state index in [0.717, 1.165) is 18.6 Å². The molecule has 1 fully saturated rings. The van der Waals surface area contributed by atoms with Crippen LogP contribution in [0.4, 0.5) is 0 Å². The molecule has 3 unspecified atom stereocenters. The van der Waals surface area contributed by atoms with E-state index in [-0.39, 0.29) is 11.9 Å². The van der Waals surface area contributed by atoms with Gasteiger partial charge in [-0.2, -0.15) is 0 Å². The molecule has 1 saturated heterocycles. The molecule has 3 atom stereocenters. The van der Waals surface area contributed by atoms with Gasteiger partial charge >= 0.3 is 0 Å². The number of aromatic hydroxyl groups is 1. The minimum Gasteiger partial charge on any atom is -0.504 e. The summed E-state index contributed by atoms with van der Waals surface area (Å²) in [5.41, 5.74) is 0.835. The molecule has 0 amide bonds. The maximum absolute atomic E-state index is 9.66. The lowest BCUT2D eigenvalue weighted by atomic mass is 10.0. The van der Waals surface area contributed by atoms with Gasteiger partial charge in [-0.15, -0.1) is 0 Å². The van der Waals surface area contributed by atoms with E-state index in [4.69, 9.17) is 18.9 Å². The van der Waals surface area contributed by atoms with Gasteiger partial charge in [-0.25, -0.2) is 0 Å². The largest absolute Gasteiger partial charge is 0.504 e. The van der Waals surface area contributed by atoms with Crippen molar-refractivity contribution in [1.82, 2.24) is 0 Å². The average molecular weight is 338 g/mol. The molecule has 1 aromatic rings. The Kier molecular flexibility index (Phi) is 7.82. The zero-order chi connectivity index (χ0) is 17.4. The van der Waals surface area contributed by atoms with Crippen LogP contribution >= 0.6 is 0 Å². The maximum Gasteiger partial charge on any atom is 0.184 e. The highest BCUT2D eigenvalue weighted by atomic mass is 16.7. The normalized spacial score (nSPS) is 21.8. The molecule has 1 N–H and O–H groups in total. The Morgan fingerprint density at radius 2 is 2.17 bits per heavy atom. The molecule has 1 heterocycles. The predicted molar refractivity (Wildman–Crippen MR) is 92.3 cm³/mol. The van der Waals surface area contributed by atoms with Gasteiger partial charge in [0.15, 0.2) is 17.8 Å². The number of phenolic OH excluding ortho intramolecular Hbond substituents is 1. The Labute approximate surface area is 144 Å². The fourth-order valence-corrected chi connectivity index (χ4v) is 2.82. The van der Waals surface area contributed by atoms with Crippen molar-refractivity contribution in [3.05, 3.63) is 23.8 Å². The van der Waals surface area contributed by atoms with Crippen LogP contribution in [0, 0.1) is 5.92 Å². The fourth-order valence-electron chi connectivity index (χ4n) is 2.82. The van der Waals surface area contributed by atoms with Gasteiger partial charge in [0.2, 0.25) is 0 Å². The predicted octanol–water partition coefficient (Wildman–Crippen LogP) is 4.05. The lowest BCUT2D eigenvalue weighted by Crippen LogP contribution is -2.20. The second-order valence-corrected chi connectivity index (χ2v) is 6.31. The van der Waals surface area contributed by atoms with E-state index in [0.29, 0.717) is 24.9 Å². The summed E-state index contributed by atoms with van der Waals surface area (Å²) in [6.07, 6.45) is 4.38. The van der Waals surface area contributed by atoms with Crippen molar-refractivity contribution in [3.63, 3.8) is 0 Å². The van der Waals surface area contributed by atoms with Gasteiger partial charge in [-0.3, -0.25) is 0 Å². The summed E-state index contributed by atoms with van der Waals surface area (Å²) in [6, 6.07) is 5.11.